The Hall–Kier alpha value is -4.65. The van der Waals surface area contributed by atoms with Crippen LogP contribution in [0.15, 0.2) is 102 Å². The highest BCUT2D eigenvalue weighted by atomic mass is 16.2. The van der Waals surface area contributed by atoms with Gasteiger partial charge in [0.2, 0.25) is 5.56 Å². The quantitative estimate of drug-likeness (QED) is 0.319. The van der Waals surface area contributed by atoms with Crippen molar-refractivity contribution in [2.24, 2.45) is 5.92 Å². The van der Waals surface area contributed by atoms with Crippen LogP contribution >= 0.6 is 0 Å². The Kier molecular flexibility index (Phi) is 6.48. The fourth-order valence-electron chi connectivity index (χ4n) is 5.27. The number of aromatic amines is 1. The maximum atomic E-state index is 13.1. The summed E-state index contributed by atoms with van der Waals surface area (Å²) in [5.41, 5.74) is 6.08. The molecule has 2 N–H and O–H groups in total. The van der Waals surface area contributed by atoms with Gasteiger partial charge in [-0.3, -0.25) is 14.0 Å². The molecule has 1 aliphatic rings. The van der Waals surface area contributed by atoms with Gasteiger partial charge in [0.15, 0.2) is 5.65 Å². The van der Waals surface area contributed by atoms with Crippen LogP contribution in [-0.4, -0.2) is 38.3 Å². The predicted octanol–water partition coefficient (Wildman–Crippen LogP) is 5.53. The second-order valence-corrected chi connectivity index (χ2v) is 9.82. The van der Waals surface area contributed by atoms with E-state index in [-0.39, 0.29) is 11.5 Å². The zero-order valence-electron chi connectivity index (χ0n) is 21.0. The van der Waals surface area contributed by atoms with Crippen LogP contribution < -0.4 is 10.9 Å². The molecule has 0 spiro atoms. The number of rotatable bonds is 6. The summed E-state index contributed by atoms with van der Waals surface area (Å²) in [6, 6.07) is 25.6. The van der Waals surface area contributed by atoms with Gasteiger partial charge in [0.05, 0.1) is 11.4 Å². The van der Waals surface area contributed by atoms with E-state index in [9.17, 15) is 9.59 Å². The number of hydrogen-bond acceptors (Lipinski definition) is 4. The number of piperidine rings is 1. The van der Waals surface area contributed by atoms with Crippen molar-refractivity contribution in [3.8, 4) is 11.3 Å². The maximum Gasteiger partial charge on any atom is 0.253 e. The van der Waals surface area contributed by atoms with Crippen molar-refractivity contribution < 1.29 is 4.79 Å². The van der Waals surface area contributed by atoms with Crippen molar-refractivity contribution in [2.45, 2.75) is 19.3 Å². The van der Waals surface area contributed by atoms with Gasteiger partial charge in [-0.05, 0) is 73.2 Å². The Morgan fingerprint density at radius 1 is 0.974 bits per heavy atom. The molecular formula is C31H29N5O2. The SMILES string of the molecule is O=C(c1ccc(Nc2ccc(-c3cc[nH]c(=O)c3)n3ccnc23)cc1)N1CCC(Cc2ccccc2)CC1. The van der Waals surface area contributed by atoms with Crippen molar-refractivity contribution in [3.05, 3.63) is 119 Å². The number of amides is 1. The topological polar surface area (TPSA) is 82.5 Å². The minimum Gasteiger partial charge on any atom is -0.352 e. The van der Waals surface area contributed by atoms with Gasteiger partial charge in [0.25, 0.3) is 5.91 Å². The molecule has 0 unspecified atom stereocenters. The highest BCUT2D eigenvalue weighted by Gasteiger charge is 2.23. The fourth-order valence-corrected chi connectivity index (χ4v) is 5.27. The first-order chi connectivity index (χ1) is 18.6. The number of likely N-dealkylation sites (tertiary alicyclic amines) is 1. The summed E-state index contributed by atoms with van der Waals surface area (Å²) < 4.78 is 1.95. The molecule has 1 amide bonds. The van der Waals surface area contributed by atoms with Gasteiger partial charge in [-0.25, -0.2) is 4.98 Å². The monoisotopic (exact) mass is 503 g/mol. The number of pyridine rings is 2. The Bertz CT molecular complexity index is 1610. The van der Waals surface area contributed by atoms with Crippen molar-refractivity contribution in [1.82, 2.24) is 19.3 Å². The molecule has 1 aliphatic heterocycles. The lowest BCUT2D eigenvalue weighted by atomic mass is 9.90. The molecule has 4 heterocycles. The average Bonchev–Trinajstić information content (AvgIpc) is 3.45. The lowest BCUT2D eigenvalue weighted by Crippen LogP contribution is -2.38. The smallest absolute Gasteiger partial charge is 0.253 e. The zero-order valence-corrected chi connectivity index (χ0v) is 21.0. The molecular weight excluding hydrogens is 474 g/mol. The minimum atomic E-state index is -0.149. The van der Waals surface area contributed by atoms with Crippen LogP contribution in [0.4, 0.5) is 11.4 Å². The van der Waals surface area contributed by atoms with Crippen LogP contribution in [0, 0.1) is 5.92 Å². The minimum absolute atomic E-state index is 0.0903. The molecule has 190 valence electrons. The van der Waals surface area contributed by atoms with Crippen LogP contribution in [0.2, 0.25) is 0 Å². The molecule has 5 aromatic rings. The third-order valence-corrected chi connectivity index (χ3v) is 7.30. The number of anilines is 2. The standard InChI is InChI=1S/C31H29N5O2/c37-29-21-25(12-15-32-29)28-11-10-27(30-33-16-19-36(28)30)34-26-8-6-24(7-9-26)31(38)35-17-13-23(14-18-35)20-22-4-2-1-3-5-22/h1-12,15-16,19,21,23,34H,13-14,17-18,20H2,(H,32,37). The van der Waals surface area contributed by atoms with Crippen LogP contribution in [0.3, 0.4) is 0 Å². The average molecular weight is 504 g/mol. The van der Waals surface area contributed by atoms with E-state index in [1.165, 1.54) is 5.56 Å². The lowest BCUT2D eigenvalue weighted by molar-refractivity contribution is 0.0690. The van der Waals surface area contributed by atoms with Gasteiger partial charge in [0.1, 0.15) is 0 Å². The molecule has 6 rings (SSSR count). The van der Waals surface area contributed by atoms with E-state index in [1.807, 2.05) is 58.0 Å². The zero-order chi connectivity index (χ0) is 25.9. The number of hydrogen-bond donors (Lipinski definition) is 2. The van der Waals surface area contributed by atoms with Gasteiger partial charge < -0.3 is 15.2 Å². The van der Waals surface area contributed by atoms with Crippen LogP contribution in [0.5, 0.6) is 0 Å². The summed E-state index contributed by atoms with van der Waals surface area (Å²) >= 11 is 0. The van der Waals surface area contributed by atoms with E-state index in [4.69, 9.17) is 0 Å². The molecule has 7 nitrogen and oxygen atoms in total. The predicted molar refractivity (Wildman–Crippen MR) is 150 cm³/mol. The summed E-state index contributed by atoms with van der Waals surface area (Å²) in [4.78, 5) is 34.1. The molecule has 3 aromatic heterocycles. The number of nitrogens with zero attached hydrogens (tertiary/aromatic N) is 3. The summed E-state index contributed by atoms with van der Waals surface area (Å²) in [7, 11) is 0. The number of aromatic nitrogens is 3. The van der Waals surface area contributed by atoms with Gasteiger partial charge >= 0.3 is 0 Å². The molecule has 0 radical (unpaired) electrons. The normalized spacial score (nSPS) is 14.1. The fraction of sp³-hybridized carbons (Fsp3) is 0.194. The summed E-state index contributed by atoms with van der Waals surface area (Å²) in [6.45, 7) is 1.60. The molecule has 1 fully saturated rings. The Morgan fingerprint density at radius 3 is 2.53 bits per heavy atom. The van der Waals surface area contributed by atoms with Gasteiger partial charge in [0, 0.05) is 54.6 Å². The molecule has 0 atom stereocenters. The second kappa shape index (κ2) is 10.4. The third-order valence-electron chi connectivity index (χ3n) is 7.30. The summed E-state index contributed by atoms with van der Waals surface area (Å²) in [5.74, 6) is 0.717. The van der Waals surface area contributed by atoms with E-state index in [2.05, 4.69) is 45.6 Å². The number of imidazole rings is 1. The number of carbonyl (C=O) groups is 1. The van der Waals surface area contributed by atoms with Crippen molar-refractivity contribution in [1.29, 1.82) is 0 Å². The van der Waals surface area contributed by atoms with Gasteiger partial charge in [-0.1, -0.05) is 30.3 Å². The van der Waals surface area contributed by atoms with E-state index < -0.39 is 0 Å². The van der Waals surface area contributed by atoms with E-state index in [0.29, 0.717) is 11.5 Å². The number of nitrogens with one attached hydrogen (secondary N) is 2. The van der Waals surface area contributed by atoms with E-state index in [0.717, 1.165) is 60.6 Å². The van der Waals surface area contributed by atoms with Crippen LogP contribution in [0.1, 0.15) is 28.8 Å². The molecule has 38 heavy (non-hydrogen) atoms. The van der Waals surface area contributed by atoms with Crippen molar-refractivity contribution >= 4 is 22.9 Å². The van der Waals surface area contributed by atoms with Gasteiger partial charge in [-0.2, -0.15) is 0 Å². The largest absolute Gasteiger partial charge is 0.352 e. The van der Waals surface area contributed by atoms with Crippen molar-refractivity contribution in [2.75, 3.05) is 18.4 Å². The first-order valence-electron chi connectivity index (χ1n) is 13.0. The Balaban J connectivity index is 1.12. The maximum absolute atomic E-state index is 13.1. The third kappa shape index (κ3) is 4.95. The first kappa shape index (κ1) is 23.7. The first-order valence-corrected chi connectivity index (χ1v) is 13.0. The molecule has 7 heteroatoms. The molecule has 1 saturated heterocycles. The molecule has 0 bridgehead atoms. The molecule has 2 aromatic carbocycles. The lowest BCUT2D eigenvalue weighted by Gasteiger charge is -2.32. The Morgan fingerprint density at radius 2 is 1.76 bits per heavy atom. The second-order valence-electron chi connectivity index (χ2n) is 9.82. The number of carbonyl (C=O) groups excluding carboxylic acids is 1. The van der Waals surface area contributed by atoms with Gasteiger partial charge in [-0.15, -0.1) is 0 Å². The highest BCUT2D eigenvalue weighted by molar-refractivity contribution is 5.94. The van der Waals surface area contributed by atoms with Crippen molar-refractivity contribution in [3.63, 3.8) is 0 Å². The molecule has 0 saturated carbocycles. The number of fused-ring (bicyclic) bond motifs is 1. The van der Waals surface area contributed by atoms with E-state index >= 15 is 0 Å². The Labute approximate surface area is 220 Å². The summed E-state index contributed by atoms with van der Waals surface area (Å²) in [6.07, 6.45) is 8.41. The molecule has 0 aliphatic carbocycles. The number of H-pyrrole nitrogens is 1. The van der Waals surface area contributed by atoms with E-state index in [1.54, 1.807) is 18.5 Å². The number of benzene rings is 2. The van der Waals surface area contributed by atoms with Crippen LogP contribution in [0.25, 0.3) is 16.9 Å². The highest BCUT2D eigenvalue weighted by Crippen LogP contribution is 2.28. The van der Waals surface area contributed by atoms with Crippen LogP contribution in [-0.2, 0) is 6.42 Å². The summed E-state index contributed by atoms with van der Waals surface area (Å²) in [5, 5.41) is 3.42.